The summed E-state index contributed by atoms with van der Waals surface area (Å²) in [6.07, 6.45) is 2.65. The van der Waals surface area contributed by atoms with Crippen LogP contribution in [0.15, 0.2) is 12.5 Å². The van der Waals surface area contributed by atoms with Crippen LogP contribution in [-0.2, 0) is 27.4 Å². The fourth-order valence-corrected chi connectivity index (χ4v) is 1.89. The standard InChI is InChI=1S/C12H17N3O4/c1-12(2)10(16)15(11(17)19-12)7-9-6-13-8-14(9)4-5-18-3/h6,8H,4-5,7H2,1-3H3. The molecule has 0 saturated carbocycles. The van der Waals surface area contributed by atoms with Crippen LogP contribution in [0.4, 0.5) is 4.79 Å². The highest BCUT2D eigenvalue weighted by Crippen LogP contribution is 2.24. The Hall–Kier alpha value is -1.89. The van der Waals surface area contributed by atoms with E-state index in [0.29, 0.717) is 13.2 Å². The number of carbonyl (C=O) groups excluding carboxylic acids is 2. The van der Waals surface area contributed by atoms with Crippen molar-refractivity contribution in [3.63, 3.8) is 0 Å². The van der Waals surface area contributed by atoms with Gasteiger partial charge in [-0.05, 0) is 13.8 Å². The third-order valence-electron chi connectivity index (χ3n) is 2.98. The summed E-state index contributed by atoms with van der Waals surface area (Å²) in [6, 6.07) is 0. The number of carbonyl (C=O) groups is 2. The molecule has 0 radical (unpaired) electrons. The molecular formula is C12H17N3O4. The molecule has 0 bridgehead atoms. The summed E-state index contributed by atoms with van der Waals surface area (Å²) in [6.45, 7) is 4.47. The van der Waals surface area contributed by atoms with E-state index in [1.807, 2.05) is 4.57 Å². The summed E-state index contributed by atoms with van der Waals surface area (Å²) in [7, 11) is 1.61. The Morgan fingerprint density at radius 2 is 2.16 bits per heavy atom. The Morgan fingerprint density at radius 1 is 1.42 bits per heavy atom. The molecule has 1 fully saturated rings. The highest BCUT2D eigenvalue weighted by Gasteiger charge is 2.47. The monoisotopic (exact) mass is 267 g/mol. The Labute approximate surface area is 111 Å². The molecule has 0 spiro atoms. The van der Waals surface area contributed by atoms with Gasteiger partial charge >= 0.3 is 6.09 Å². The molecule has 7 nitrogen and oxygen atoms in total. The van der Waals surface area contributed by atoms with E-state index in [4.69, 9.17) is 9.47 Å². The van der Waals surface area contributed by atoms with Crippen molar-refractivity contribution in [1.82, 2.24) is 14.5 Å². The molecule has 7 heteroatoms. The second-order valence-electron chi connectivity index (χ2n) is 4.84. The number of rotatable bonds is 5. The molecule has 0 unspecified atom stereocenters. The molecule has 19 heavy (non-hydrogen) atoms. The van der Waals surface area contributed by atoms with Gasteiger partial charge in [0.2, 0.25) is 0 Å². The van der Waals surface area contributed by atoms with E-state index >= 15 is 0 Å². The van der Waals surface area contributed by atoms with Crippen molar-refractivity contribution >= 4 is 12.0 Å². The number of amides is 2. The van der Waals surface area contributed by atoms with Crippen LogP contribution in [0.3, 0.4) is 0 Å². The lowest BCUT2D eigenvalue weighted by Crippen LogP contribution is -2.36. The highest BCUT2D eigenvalue weighted by molar-refractivity contribution is 6.02. The summed E-state index contributed by atoms with van der Waals surface area (Å²) in [5, 5.41) is 0. The molecule has 2 heterocycles. The fourth-order valence-electron chi connectivity index (χ4n) is 1.89. The van der Waals surface area contributed by atoms with E-state index in [1.165, 1.54) is 0 Å². The Morgan fingerprint density at radius 3 is 2.74 bits per heavy atom. The molecule has 1 aliphatic heterocycles. The smallest absolute Gasteiger partial charge is 0.418 e. The number of imide groups is 1. The molecule has 1 saturated heterocycles. The number of cyclic esters (lactones) is 1. The van der Waals surface area contributed by atoms with Gasteiger partial charge in [-0.15, -0.1) is 0 Å². The summed E-state index contributed by atoms with van der Waals surface area (Å²) in [4.78, 5) is 28.8. The summed E-state index contributed by atoms with van der Waals surface area (Å²) in [5.74, 6) is -0.336. The van der Waals surface area contributed by atoms with Crippen LogP contribution in [0, 0.1) is 0 Å². The van der Waals surface area contributed by atoms with Gasteiger partial charge < -0.3 is 14.0 Å². The Bertz CT molecular complexity index is 495. The van der Waals surface area contributed by atoms with Gasteiger partial charge in [0.1, 0.15) is 0 Å². The number of ether oxygens (including phenoxy) is 2. The molecule has 2 rings (SSSR count). The minimum Gasteiger partial charge on any atom is -0.433 e. The molecule has 1 aromatic heterocycles. The average Bonchev–Trinajstić information content (AvgIpc) is 2.85. The first-order chi connectivity index (χ1) is 8.95. The molecule has 1 aromatic rings. The first-order valence-electron chi connectivity index (χ1n) is 5.98. The zero-order valence-electron chi connectivity index (χ0n) is 11.3. The molecule has 0 atom stereocenters. The van der Waals surface area contributed by atoms with Crippen molar-refractivity contribution in [3.05, 3.63) is 18.2 Å². The summed E-state index contributed by atoms with van der Waals surface area (Å²) < 4.78 is 11.9. The van der Waals surface area contributed by atoms with Crippen molar-refractivity contribution in [1.29, 1.82) is 0 Å². The van der Waals surface area contributed by atoms with Crippen LogP contribution in [0.2, 0.25) is 0 Å². The third-order valence-corrected chi connectivity index (χ3v) is 2.98. The summed E-state index contributed by atoms with van der Waals surface area (Å²) >= 11 is 0. The van der Waals surface area contributed by atoms with Gasteiger partial charge in [0.25, 0.3) is 5.91 Å². The maximum Gasteiger partial charge on any atom is 0.418 e. The third kappa shape index (κ3) is 2.60. The number of nitrogens with zero attached hydrogens (tertiary/aromatic N) is 3. The summed E-state index contributed by atoms with van der Waals surface area (Å²) in [5.41, 5.74) is -0.325. The molecule has 0 aromatic carbocycles. The van der Waals surface area contributed by atoms with Gasteiger partial charge in [-0.3, -0.25) is 4.79 Å². The molecular weight excluding hydrogens is 250 g/mol. The van der Waals surface area contributed by atoms with Crippen LogP contribution >= 0.6 is 0 Å². The van der Waals surface area contributed by atoms with Gasteiger partial charge in [0.15, 0.2) is 5.60 Å². The topological polar surface area (TPSA) is 73.7 Å². The number of hydrogen-bond acceptors (Lipinski definition) is 5. The maximum atomic E-state index is 12.0. The van der Waals surface area contributed by atoms with Crippen LogP contribution in [0.25, 0.3) is 0 Å². The molecule has 1 aliphatic rings. The van der Waals surface area contributed by atoms with Crippen LogP contribution in [-0.4, -0.2) is 45.8 Å². The first kappa shape index (κ1) is 13.5. The minimum absolute atomic E-state index is 0.158. The lowest BCUT2D eigenvalue weighted by molar-refractivity contribution is -0.135. The number of aromatic nitrogens is 2. The number of hydrogen-bond donors (Lipinski definition) is 0. The van der Waals surface area contributed by atoms with Gasteiger partial charge in [-0.1, -0.05) is 0 Å². The van der Waals surface area contributed by atoms with E-state index in [9.17, 15) is 9.59 Å². The van der Waals surface area contributed by atoms with E-state index in [0.717, 1.165) is 10.6 Å². The zero-order valence-corrected chi connectivity index (χ0v) is 11.3. The van der Waals surface area contributed by atoms with Crippen molar-refractivity contribution in [2.24, 2.45) is 0 Å². The van der Waals surface area contributed by atoms with Crippen molar-refractivity contribution in [2.75, 3.05) is 13.7 Å². The normalized spacial score (nSPS) is 17.9. The lowest BCUT2D eigenvalue weighted by Gasteiger charge is -2.14. The highest BCUT2D eigenvalue weighted by atomic mass is 16.6. The molecule has 0 aliphatic carbocycles. The van der Waals surface area contributed by atoms with E-state index in [2.05, 4.69) is 4.98 Å². The van der Waals surface area contributed by atoms with Crippen molar-refractivity contribution in [3.8, 4) is 0 Å². The van der Waals surface area contributed by atoms with Crippen molar-refractivity contribution in [2.45, 2.75) is 32.5 Å². The second-order valence-corrected chi connectivity index (χ2v) is 4.84. The molecule has 104 valence electrons. The quantitative estimate of drug-likeness (QED) is 0.788. The fraction of sp³-hybridized carbons (Fsp3) is 0.583. The maximum absolute atomic E-state index is 12.0. The minimum atomic E-state index is -1.09. The van der Waals surface area contributed by atoms with Crippen molar-refractivity contribution < 1.29 is 19.1 Å². The van der Waals surface area contributed by atoms with Crippen LogP contribution in [0.5, 0.6) is 0 Å². The van der Waals surface area contributed by atoms with Crippen LogP contribution in [0.1, 0.15) is 19.5 Å². The van der Waals surface area contributed by atoms with Gasteiger partial charge in [0, 0.05) is 19.9 Å². The van der Waals surface area contributed by atoms with Crippen LogP contribution < -0.4 is 0 Å². The number of methoxy groups -OCH3 is 1. The van der Waals surface area contributed by atoms with Gasteiger partial charge in [0.05, 0.1) is 25.2 Å². The SMILES string of the molecule is COCCn1cncc1CN1C(=O)OC(C)(C)C1=O. The predicted molar refractivity (Wildman–Crippen MR) is 65.2 cm³/mol. The van der Waals surface area contributed by atoms with Gasteiger partial charge in [-0.25, -0.2) is 14.7 Å². The molecule has 0 N–H and O–H groups in total. The first-order valence-corrected chi connectivity index (χ1v) is 5.98. The number of imidazole rings is 1. The van der Waals surface area contributed by atoms with Gasteiger partial charge in [-0.2, -0.15) is 0 Å². The zero-order chi connectivity index (χ0) is 14.0. The average molecular weight is 267 g/mol. The Balaban J connectivity index is 2.11. The van der Waals surface area contributed by atoms with E-state index < -0.39 is 11.7 Å². The largest absolute Gasteiger partial charge is 0.433 e. The lowest BCUT2D eigenvalue weighted by atomic mass is 10.1. The molecule has 2 amide bonds. The Kier molecular flexibility index (Phi) is 3.57. The predicted octanol–water partition coefficient (Wildman–Crippen LogP) is 0.787. The van der Waals surface area contributed by atoms with E-state index in [1.54, 1.807) is 33.5 Å². The second kappa shape index (κ2) is 5.00. The van der Waals surface area contributed by atoms with E-state index in [-0.39, 0.29) is 12.5 Å².